The van der Waals surface area contributed by atoms with Crippen LogP contribution in [0.2, 0.25) is 0 Å². The number of fused-ring (bicyclic) bond motifs is 1. The molecule has 0 saturated carbocycles. The van der Waals surface area contributed by atoms with Gasteiger partial charge in [-0.2, -0.15) is 0 Å². The van der Waals surface area contributed by atoms with Crippen LogP contribution in [-0.4, -0.2) is 29.2 Å². The number of methoxy groups -OCH3 is 1. The Hall–Kier alpha value is -3.25. The normalized spacial score (nSPS) is 11.0. The summed E-state index contributed by atoms with van der Waals surface area (Å²) in [5.41, 5.74) is 6.15. The molecule has 1 heterocycles. The van der Waals surface area contributed by atoms with Crippen LogP contribution in [0.1, 0.15) is 34.0 Å². The highest BCUT2D eigenvalue weighted by molar-refractivity contribution is 7.98. The summed E-state index contributed by atoms with van der Waals surface area (Å²) >= 11 is 1.72. The van der Waals surface area contributed by atoms with Crippen LogP contribution >= 0.6 is 11.8 Å². The highest BCUT2D eigenvalue weighted by Gasteiger charge is 2.15. The monoisotopic (exact) mass is 460 g/mol. The summed E-state index contributed by atoms with van der Waals surface area (Å²) in [5, 5.41) is 0.947. The van der Waals surface area contributed by atoms with Crippen LogP contribution in [0.25, 0.3) is 11.0 Å². The number of benzene rings is 3. The second kappa shape index (κ2) is 10.6. The Kier molecular flexibility index (Phi) is 7.35. The van der Waals surface area contributed by atoms with Gasteiger partial charge >= 0.3 is 5.97 Å². The highest BCUT2D eigenvalue weighted by Crippen LogP contribution is 2.29. The van der Waals surface area contributed by atoms with Crippen molar-refractivity contribution in [2.24, 2.45) is 0 Å². The Morgan fingerprint density at radius 1 is 1.06 bits per heavy atom. The lowest BCUT2D eigenvalue weighted by Gasteiger charge is -2.11. The largest absolute Gasteiger partial charge is 0.497 e. The van der Waals surface area contributed by atoms with E-state index in [9.17, 15) is 4.79 Å². The Bertz CT molecular complexity index is 1250. The van der Waals surface area contributed by atoms with Crippen molar-refractivity contribution in [2.45, 2.75) is 37.7 Å². The van der Waals surface area contributed by atoms with Crippen LogP contribution in [0, 0.1) is 6.92 Å². The van der Waals surface area contributed by atoms with Crippen molar-refractivity contribution in [1.29, 1.82) is 0 Å². The van der Waals surface area contributed by atoms with Crippen LogP contribution in [0.4, 0.5) is 0 Å². The first-order valence-electron chi connectivity index (χ1n) is 11.1. The van der Waals surface area contributed by atoms with E-state index in [1.54, 1.807) is 18.9 Å². The first-order chi connectivity index (χ1) is 16.1. The summed E-state index contributed by atoms with van der Waals surface area (Å²) in [5.74, 6) is 1.37. The molecule has 5 nitrogen and oxygen atoms in total. The van der Waals surface area contributed by atoms with Crippen molar-refractivity contribution >= 4 is 28.8 Å². The third-order valence-electron chi connectivity index (χ3n) is 5.63. The molecular weight excluding hydrogens is 432 g/mol. The van der Waals surface area contributed by atoms with E-state index >= 15 is 0 Å². The molecule has 0 bridgehead atoms. The van der Waals surface area contributed by atoms with Crippen LogP contribution in [0.15, 0.2) is 71.9 Å². The molecule has 0 aliphatic rings. The number of ether oxygens (including phenoxy) is 2. The highest BCUT2D eigenvalue weighted by atomic mass is 32.2. The summed E-state index contributed by atoms with van der Waals surface area (Å²) in [6, 6.07) is 22.2. The quantitative estimate of drug-likeness (QED) is 0.224. The molecule has 0 amide bonds. The van der Waals surface area contributed by atoms with E-state index < -0.39 is 0 Å². The molecule has 0 fully saturated rings. The summed E-state index contributed by atoms with van der Waals surface area (Å²) in [4.78, 5) is 17.1. The van der Waals surface area contributed by atoms with Crippen LogP contribution in [-0.2, 0) is 23.5 Å². The van der Waals surface area contributed by atoms with Crippen molar-refractivity contribution in [1.82, 2.24) is 9.55 Å². The van der Waals surface area contributed by atoms with Crippen molar-refractivity contribution in [3.8, 4) is 5.75 Å². The molecule has 0 atom stereocenters. The van der Waals surface area contributed by atoms with E-state index in [4.69, 9.17) is 14.5 Å². The summed E-state index contributed by atoms with van der Waals surface area (Å²) in [6.07, 6.45) is 0.868. The average molecular weight is 461 g/mol. The summed E-state index contributed by atoms with van der Waals surface area (Å²) < 4.78 is 12.7. The van der Waals surface area contributed by atoms with Crippen molar-refractivity contribution in [2.75, 3.05) is 13.7 Å². The van der Waals surface area contributed by atoms with Gasteiger partial charge in [0.05, 0.1) is 30.3 Å². The molecule has 4 aromatic rings. The van der Waals surface area contributed by atoms with Gasteiger partial charge in [0.1, 0.15) is 5.75 Å². The van der Waals surface area contributed by atoms with Crippen LogP contribution in [0.5, 0.6) is 5.75 Å². The molecule has 0 radical (unpaired) electrons. The Morgan fingerprint density at radius 3 is 2.58 bits per heavy atom. The lowest BCUT2D eigenvalue weighted by Crippen LogP contribution is -2.05. The number of hydrogen-bond acceptors (Lipinski definition) is 5. The van der Waals surface area contributed by atoms with Gasteiger partial charge in [-0.25, -0.2) is 9.78 Å². The van der Waals surface area contributed by atoms with Crippen molar-refractivity contribution in [3.63, 3.8) is 0 Å². The number of aryl methyl sites for hydroxylation is 3. The standard InChI is InChI=1S/C27H28N2O3S/c1-4-32-26(30)21-11-14-25-24(17-21)28-27(33-18-22-8-6-5-7-19(22)2)29(25)16-15-20-9-12-23(31-3)13-10-20/h5-14,17H,4,15-16,18H2,1-3H3. The number of esters is 1. The molecule has 4 rings (SSSR count). The number of nitrogens with zero attached hydrogens (tertiary/aromatic N) is 2. The molecule has 0 N–H and O–H groups in total. The second-order valence-corrected chi connectivity index (χ2v) is 8.73. The Labute approximate surface area is 198 Å². The lowest BCUT2D eigenvalue weighted by atomic mass is 10.1. The number of thioether (sulfide) groups is 1. The number of carbonyl (C=O) groups is 1. The smallest absolute Gasteiger partial charge is 0.338 e. The zero-order valence-corrected chi connectivity index (χ0v) is 20.0. The third-order valence-corrected chi connectivity index (χ3v) is 6.65. The topological polar surface area (TPSA) is 53.3 Å². The molecule has 170 valence electrons. The number of hydrogen-bond donors (Lipinski definition) is 0. The summed E-state index contributed by atoms with van der Waals surface area (Å²) in [6.45, 7) is 5.08. The van der Waals surface area contributed by atoms with E-state index in [0.29, 0.717) is 12.2 Å². The van der Waals surface area contributed by atoms with Gasteiger partial charge in [0.2, 0.25) is 0 Å². The van der Waals surface area contributed by atoms with Gasteiger partial charge in [0.25, 0.3) is 0 Å². The molecule has 0 aliphatic heterocycles. The maximum atomic E-state index is 12.2. The fraction of sp³-hybridized carbons (Fsp3) is 0.259. The molecule has 1 aromatic heterocycles. The minimum Gasteiger partial charge on any atom is -0.497 e. The van der Waals surface area contributed by atoms with E-state index in [0.717, 1.165) is 40.7 Å². The van der Waals surface area contributed by atoms with Crippen molar-refractivity contribution < 1.29 is 14.3 Å². The third kappa shape index (κ3) is 5.40. The average Bonchev–Trinajstić information content (AvgIpc) is 3.19. The molecule has 6 heteroatoms. The molecule has 0 saturated heterocycles. The van der Waals surface area contributed by atoms with Crippen LogP contribution < -0.4 is 4.74 Å². The minimum atomic E-state index is -0.318. The predicted octanol–water partition coefficient (Wildman–Crippen LogP) is 6.07. The Balaban J connectivity index is 1.63. The molecule has 3 aromatic carbocycles. The molecule has 0 spiro atoms. The van der Waals surface area contributed by atoms with Gasteiger partial charge < -0.3 is 14.0 Å². The number of rotatable bonds is 9. The molecular formula is C27H28N2O3S. The van der Waals surface area contributed by atoms with Gasteiger partial charge in [-0.15, -0.1) is 0 Å². The molecule has 0 aliphatic carbocycles. The first-order valence-corrected chi connectivity index (χ1v) is 12.0. The first kappa shape index (κ1) is 22.9. The van der Waals surface area contributed by atoms with E-state index in [-0.39, 0.29) is 5.97 Å². The molecule has 33 heavy (non-hydrogen) atoms. The van der Waals surface area contributed by atoms with Gasteiger partial charge in [-0.3, -0.25) is 0 Å². The van der Waals surface area contributed by atoms with E-state index in [2.05, 4.69) is 47.9 Å². The van der Waals surface area contributed by atoms with Gasteiger partial charge in [-0.1, -0.05) is 48.2 Å². The molecule has 0 unspecified atom stereocenters. The van der Waals surface area contributed by atoms with Gasteiger partial charge in [0, 0.05) is 12.3 Å². The fourth-order valence-corrected chi connectivity index (χ4v) is 4.84. The number of imidazole rings is 1. The van der Waals surface area contributed by atoms with E-state index in [1.807, 2.05) is 37.3 Å². The lowest BCUT2D eigenvalue weighted by molar-refractivity contribution is 0.0526. The van der Waals surface area contributed by atoms with Gasteiger partial charge in [0.15, 0.2) is 5.16 Å². The fourth-order valence-electron chi connectivity index (χ4n) is 3.72. The zero-order valence-electron chi connectivity index (χ0n) is 19.2. The van der Waals surface area contributed by atoms with E-state index in [1.165, 1.54) is 16.7 Å². The van der Waals surface area contributed by atoms with Crippen molar-refractivity contribution in [3.05, 3.63) is 89.0 Å². The maximum absolute atomic E-state index is 12.2. The predicted molar refractivity (Wildman–Crippen MR) is 133 cm³/mol. The number of carbonyl (C=O) groups excluding carboxylic acids is 1. The second-order valence-electron chi connectivity index (χ2n) is 7.78. The SMILES string of the molecule is CCOC(=O)c1ccc2c(c1)nc(SCc1ccccc1C)n2CCc1ccc(OC)cc1. The summed E-state index contributed by atoms with van der Waals surface area (Å²) in [7, 11) is 1.68. The van der Waals surface area contributed by atoms with Gasteiger partial charge in [-0.05, 0) is 67.3 Å². The Morgan fingerprint density at radius 2 is 1.85 bits per heavy atom. The number of aromatic nitrogens is 2. The maximum Gasteiger partial charge on any atom is 0.338 e. The minimum absolute atomic E-state index is 0.318. The van der Waals surface area contributed by atoms with Crippen LogP contribution in [0.3, 0.4) is 0 Å². The zero-order chi connectivity index (χ0) is 23.2.